The molecule has 0 fully saturated rings. The SMILES string of the molecule is C=CCn1c(CCSCc2ccccc2)nnc1SCC(N)=O. The number of carbonyl (C=O) groups excluding carboxylic acids is 1. The lowest BCUT2D eigenvalue weighted by Gasteiger charge is -2.07. The highest BCUT2D eigenvalue weighted by Crippen LogP contribution is 2.19. The van der Waals surface area contributed by atoms with Crippen LogP contribution >= 0.6 is 23.5 Å². The lowest BCUT2D eigenvalue weighted by molar-refractivity contribution is -0.115. The van der Waals surface area contributed by atoms with Crippen molar-refractivity contribution < 1.29 is 4.79 Å². The summed E-state index contributed by atoms with van der Waals surface area (Å²) in [6, 6.07) is 10.4. The quantitative estimate of drug-likeness (QED) is 0.406. The Morgan fingerprint density at radius 2 is 2.09 bits per heavy atom. The van der Waals surface area contributed by atoms with Gasteiger partial charge in [0.15, 0.2) is 5.16 Å². The molecule has 1 heterocycles. The van der Waals surface area contributed by atoms with Gasteiger partial charge >= 0.3 is 0 Å². The van der Waals surface area contributed by atoms with Crippen molar-refractivity contribution >= 4 is 29.4 Å². The van der Waals surface area contributed by atoms with E-state index in [2.05, 4.69) is 41.0 Å². The highest BCUT2D eigenvalue weighted by Gasteiger charge is 2.12. The Labute approximate surface area is 144 Å². The smallest absolute Gasteiger partial charge is 0.227 e. The molecule has 0 saturated heterocycles. The summed E-state index contributed by atoms with van der Waals surface area (Å²) < 4.78 is 1.99. The van der Waals surface area contributed by atoms with Crippen molar-refractivity contribution in [1.29, 1.82) is 0 Å². The molecule has 5 nitrogen and oxygen atoms in total. The summed E-state index contributed by atoms with van der Waals surface area (Å²) in [4.78, 5) is 10.9. The Morgan fingerprint density at radius 1 is 1.30 bits per heavy atom. The van der Waals surface area contributed by atoms with Gasteiger partial charge in [0.25, 0.3) is 0 Å². The molecule has 7 heteroatoms. The third kappa shape index (κ3) is 5.76. The predicted octanol–water partition coefficient (Wildman–Crippen LogP) is 2.52. The molecule has 0 unspecified atom stereocenters. The van der Waals surface area contributed by atoms with Gasteiger partial charge in [-0.15, -0.1) is 16.8 Å². The van der Waals surface area contributed by atoms with Crippen LogP contribution in [-0.2, 0) is 23.5 Å². The molecule has 122 valence electrons. The van der Waals surface area contributed by atoms with Crippen molar-refractivity contribution in [2.45, 2.75) is 23.9 Å². The second kappa shape index (κ2) is 9.42. The van der Waals surface area contributed by atoms with E-state index < -0.39 is 0 Å². The van der Waals surface area contributed by atoms with E-state index in [1.54, 1.807) is 6.08 Å². The van der Waals surface area contributed by atoms with Crippen molar-refractivity contribution in [3.05, 3.63) is 54.4 Å². The summed E-state index contributed by atoms with van der Waals surface area (Å²) in [7, 11) is 0. The zero-order valence-corrected chi connectivity index (χ0v) is 14.5. The molecular weight excluding hydrogens is 328 g/mol. The topological polar surface area (TPSA) is 73.8 Å². The van der Waals surface area contributed by atoms with E-state index in [1.807, 2.05) is 22.4 Å². The van der Waals surface area contributed by atoms with Gasteiger partial charge in [0.05, 0.1) is 5.75 Å². The Hall–Kier alpha value is -1.73. The Morgan fingerprint density at radius 3 is 2.78 bits per heavy atom. The zero-order valence-electron chi connectivity index (χ0n) is 12.9. The van der Waals surface area contributed by atoms with E-state index in [0.717, 1.165) is 23.8 Å². The van der Waals surface area contributed by atoms with Crippen LogP contribution in [0.5, 0.6) is 0 Å². The fourth-order valence-electron chi connectivity index (χ4n) is 1.99. The first-order chi connectivity index (χ1) is 11.2. The van der Waals surface area contributed by atoms with E-state index in [9.17, 15) is 4.79 Å². The summed E-state index contributed by atoms with van der Waals surface area (Å²) in [5, 5.41) is 9.11. The van der Waals surface area contributed by atoms with Gasteiger partial charge in [-0.3, -0.25) is 4.79 Å². The molecule has 0 saturated carbocycles. The molecule has 2 aromatic rings. The maximum Gasteiger partial charge on any atom is 0.227 e. The lowest BCUT2D eigenvalue weighted by Crippen LogP contribution is -2.14. The predicted molar refractivity (Wildman–Crippen MR) is 96.4 cm³/mol. The Bertz CT molecular complexity index is 643. The fraction of sp³-hybridized carbons (Fsp3) is 0.312. The number of rotatable bonds is 10. The number of amides is 1. The minimum absolute atomic E-state index is 0.206. The lowest BCUT2D eigenvalue weighted by atomic mass is 10.2. The van der Waals surface area contributed by atoms with Gasteiger partial charge in [-0.1, -0.05) is 48.2 Å². The van der Waals surface area contributed by atoms with Gasteiger partial charge in [0.2, 0.25) is 5.91 Å². The van der Waals surface area contributed by atoms with Crippen molar-refractivity contribution in [3.63, 3.8) is 0 Å². The number of aromatic nitrogens is 3. The fourth-order valence-corrected chi connectivity index (χ4v) is 3.59. The largest absolute Gasteiger partial charge is 0.369 e. The van der Waals surface area contributed by atoms with Crippen LogP contribution in [0.1, 0.15) is 11.4 Å². The summed E-state index contributed by atoms with van der Waals surface area (Å²) in [5.74, 6) is 2.71. The van der Waals surface area contributed by atoms with Gasteiger partial charge in [0, 0.05) is 24.5 Å². The summed E-state index contributed by atoms with van der Waals surface area (Å²) in [6.07, 6.45) is 2.63. The monoisotopic (exact) mass is 348 g/mol. The van der Waals surface area contributed by atoms with E-state index in [-0.39, 0.29) is 11.7 Å². The number of carbonyl (C=O) groups is 1. The maximum atomic E-state index is 10.9. The van der Waals surface area contributed by atoms with Crippen molar-refractivity contribution in [2.75, 3.05) is 11.5 Å². The number of hydrogen-bond acceptors (Lipinski definition) is 5. The number of nitrogens with two attached hydrogens (primary N) is 1. The van der Waals surface area contributed by atoms with Crippen LogP contribution in [0.2, 0.25) is 0 Å². The number of aryl methyl sites for hydroxylation is 1. The highest BCUT2D eigenvalue weighted by atomic mass is 32.2. The maximum absolute atomic E-state index is 10.9. The number of nitrogens with zero attached hydrogens (tertiary/aromatic N) is 3. The molecule has 1 aromatic heterocycles. The Balaban J connectivity index is 1.88. The summed E-state index contributed by atoms with van der Waals surface area (Å²) in [6.45, 7) is 4.40. The van der Waals surface area contributed by atoms with Gasteiger partial charge in [-0.05, 0) is 5.56 Å². The molecule has 0 spiro atoms. The standard InChI is InChI=1S/C16H20N4OS2/c1-2-9-20-15(18-19-16(20)23-12-14(17)21)8-10-22-11-13-6-4-3-5-7-13/h2-7H,1,8-12H2,(H2,17,21). The van der Waals surface area contributed by atoms with Gasteiger partial charge < -0.3 is 10.3 Å². The first-order valence-electron chi connectivity index (χ1n) is 7.26. The summed E-state index contributed by atoms with van der Waals surface area (Å²) in [5.41, 5.74) is 6.51. The van der Waals surface area contributed by atoms with Crippen LogP contribution in [0.15, 0.2) is 48.1 Å². The van der Waals surface area contributed by atoms with Crippen molar-refractivity contribution in [3.8, 4) is 0 Å². The minimum atomic E-state index is -0.358. The summed E-state index contributed by atoms with van der Waals surface area (Å²) >= 11 is 3.18. The van der Waals surface area contributed by atoms with Crippen molar-refractivity contribution in [2.24, 2.45) is 5.73 Å². The van der Waals surface area contributed by atoms with Gasteiger partial charge in [-0.2, -0.15) is 11.8 Å². The first kappa shape index (κ1) is 17.6. The molecular formula is C16H20N4OS2. The van der Waals surface area contributed by atoms with E-state index >= 15 is 0 Å². The number of primary amides is 1. The number of benzene rings is 1. The molecule has 1 amide bonds. The second-order valence-corrected chi connectivity index (χ2v) is 6.89. The van der Waals surface area contributed by atoms with Crippen LogP contribution < -0.4 is 5.73 Å². The minimum Gasteiger partial charge on any atom is -0.369 e. The third-order valence-electron chi connectivity index (χ3n) is 3.03. The number of hydrogen-bond donors (Lipinski definition) is 1. The molecule has 0 aliphatic heterocycles. The van der Waals surface area contributed by atoms with Crippen LogP contribution in [-0.4, -0.2) is 32.2 Å². The van der Waals surface area contributed by atoms with E-state index in [1.165, 1.54) is 17.3 Å². The molecule has 0 atom stereocenters. The van der Waals surface area contributed by atoms with Crippen LogP contribution in [0.3, 0.4) is 0 Å². The molecule has 0 radical (unpaired) electrons. The van der Waals surface area contributed by atoms with Crippen LogP contribution in [0.4, 0.5) is 0 Å². The molecule has 0 aliphatic rings. The number of thioether (sulfide) groups is 2. The van der Waals surface area contributed by atoms with Crippen LogP contribution in [0, 0.1) is 0 Å². The van der Waals surface area contributed by atoms with E-state index in [0.29, 0.717) is 11.7 Å². The first-order valence-corrected chi connectivity index (χ1v) is 9.40. The van der Waals surface area contributed by atoms with Gasteiger partial charge in [-0.25, -0.2) is 0 Å². The molecule has 23 heavy (non-hydrogen) atoms. The molecule has 2 N–H and O–H groups in total. The van der Waals surface area contributed by atoms with Gasteiger partial charge in [0.1, 0.15) is 5.82 Å². The third-order valence-corrected chi connectivity index (χ3v) is 5.05. The second-order valence-electron chi connectivity index (χ2n) is 4.84. The molecule has 2 rings (SSSR count). The number of allylic oxidation sites excluding steroid dienone is 1. The molecule has 0 bridgehead atoms. The highest BCUT2D eigenvalue weighted by molar-refractivity contribution is 7.99. The normalized spacial score (nSPS) is 10.6. The van der Waals surface area contributed by atoms with Crippen LogP contribution in [0.25, 0.3) is 0 Å². The molecule has 1 aromatic carbocycles. The Kier molecular flexibility index (Phi) is 7.22. The average Bonchev–Trinajstić information content (AvgIpc) is 2.93. The zero-order chi connectivity index (χ0) is 16.5. The van der Waals surface area contributed by atoms with Crippen molar-refractivity contribution in [1.82, 2.24) is 14.8 Å². The molecule has 0 aliphatic carbocycles. The average molecular weight is 348 g/mol. The van der Waals surface area contributed by atoms with E-state index in [4.69, 9.17) is 5.73 Å².